The van der Waals surface area contributed by atoms with Crippen molar-refractivity contribution in [3.8, 4) is 0 Å². The Hall–Kier alpha value is -2.55. The predicted molar refractivity (Wildman–Crippen MR) is 152 cm³/mol. The molecule has 3 saturated heterocycles. The Morgan fingerprint density at radius 2 is 1.81 bits per heavy atom. The number of amides is 1. The number of esters is 1. The lowest BCUT2D eigenvalue weighted by molar-refractivity contribution is -0.944. The van der Waals surface area contributed by atoms with Gasteiger partial charge in [0.05, 0.1) is 47.5 Å². The molecule has 3 aliphatic heterocycles. The van der Waals surface area contributed by atoms with E-state index in [0.29, 0.717) is 34.9 Å². The van der Waals surface area contributed by atoms with Crippen molar-refractivity contribution in [2.75, 3.05) is 32.8 Å². The maximum absolute atomic E-state index is 14.0. The Kier molecular flexibility index (Phi) is 11.8. The number of rotatable bonds is 10. The zero-order chi connectivity index (χ0) is 32.0. The summed E-state index contributed by atoms with van der Waals surface area (Å²) in [5.74, 6) is -3.62. The van der Waals surface area contributed by atoms with Crippen LogP contribution in [0.25, 0.3) is 0 Å². The summed E-state index contributed by atoms with van der Waals surface area (Å²) < 4.78 is 52.3. The number of piperidine rings is 3. The molecule has 0 aliphatic carbocycles. The number of carbonyl (C=O) groups is 3. The number of alkyl halides is 3. The molecule has 3 fully saturated rings. The molecule has 1 aromatic heterocycles. The number of carboxylic acid groups (broad SMARTS) is 1. The second kappa shape index (κ2) is 14.5. The Morgan fingerprint density at radius 3 is 2.35 bits per heavy atom. The minimum Gasteiger partial charge on any atom is -0.542 e. The number of thiophene rings is 1. The fourth-order valence-electron chi connectivity index (χ4n) is 5.75. The number of hydrogen-bond donors (Lipinski definition) is 2. The Labute approximate surface area is 259 Å². The smallest absolute Gasteiger partial charge is 0.430 e. The van der Waals surface area contributed by atoms with E-state index >= 15 is 0 Å². The molecule has 0 radical (unpaired) electrons. The van der Waals surface area contributed by atoms with Crippen LogP contribution in [0.15, 0.2) is 34.1 Å². The Morgan fingerprint density at radius 1 is 1.16 bits per heavy atom. The summed E-state index contributed by atoms with van der Waals surface area (Å²) in [6.45, 7) is 7.81. The molecular weight excluding hydrogens is 660 g/mol. The van der Waals surface area contributed by atoms with Gasteiger partial charge in [0, 0.05) is 19.3 Å². The van der Waals surface area contributed by atoms with Crippen LogP contribution in [0.1, 0.15) is 55.0 Å². The van der Waals surface area contributed by atoms with E-state index in [1.54, 1.807) is 25.1 Å². The first-order chi connectivity index (χ1) is 20.1. The number of carbonyl (C=O) groups excluding carboxylic acids is 3. The Bertz CT molecular complexity index is 1300. The number of quaternary nitrogens is 1. The van der Waals surface area contributed by atoms with Gasteiger partial charge in [-0.05, 0) is 83.9 Å². The summed E-state index contributed by atoms with van der Waals surface area (Å²) in [5.41, 5.74) is -1.17. The van der Waals surface area contributed by atoms with Gasteiger partial charge >= 0.3 is 12.1 Å². The lowest BCUT2D eigenvalue weighted by atomic mass is 9.80. The lowest BCUT2D eigenvalue weighted by Gasteiger charge is -2.53. The minimum atomic E-state index is -5.19. The van der Waals surface area contributed by atoms with Crippen molar-refractivity contribution in [2.45, 2.75) is 63.8 Å². The van der Waals surface area contributed by atoms with Gasteiger partial charge in [0.15, 0.2) is 0 Å². The van der Waals surface area contributed by atoms with Crippen LogP contribution >= 0.6 is 27.3 Å². The molecule has 2 atom stereocenters. The van der Waals surface area contributed by atoms with E-state index in [9.17, 15) is 32.3 Å². The summed E-state index contributed by atoms with van der Waals surface area (Å²) in [4.78, 5) is 34.7. The van der Waals surface area contributed by atoms with Gasteiger partial charge in [-0.1, -0.05) is 6.07 Å². The van der Waals surface area contributed by atoms with E-state index in [4.69, 9.17) is 14.6 Å². The highest BCUT2D eigenvalue weighted by molar-refractivity contribution is 9.11. The number of aliphatic hydroxyl groups is 1. The number of unbranched alkanes of at least 4 members (excludes halogenated alkanes) is 1. The average molecular weight is 696 g/mol. The number of carboxylic acids is 1. The molecule has 1 unspecified atom stereocenters. The van der Waals surface area contributed by atoms with Crippen molar-refractivity contribution in [3.05, 3.63) is 55.9 Å². The molecule has 1 amide bonds. The van der Waals surface area contributed by atoms with Gasteiger partial charge in [-0.25, -0.2) is 4.39 Å². The van der Waals surface area contributed by atoms with Crippen molar-refractivity contribution in [2.24, 2.45) is 5.92 Å². The van der Waals surface area contributed by atoms with E-state index in [2.05, 4.69) is 21.2 Å². The highest BCUT2D eigenvalue weighted by atomic mass is 79.9. The van der Waals surface area contributed by atoms with Crippen LogP contribution in [0.2, 0.25) is 0 Å². The molecule has 43 heavy (non-hydrogen) atoms. The summed E-state index contributed by atoms with van der Waals surface area (Å²) in [6.07, 6.45) is -0.956. The third-order valence-electron chi connectivity index (χ3n) is 8.05. The summed E-state index contributed by atoms with van der Waals surface area (Å²) in [5, 5.41) is 23.9. The molecular formula is C29H35BrF4N2O6S. The van der Waals surface area contributed by atoms with Crippen LogP contribution in [-0.4, -0.2) is 72.4 Å². The second-order valence-electron chi connectivity index (χ2n) is 10.9. The maximum Gasteiger partial charge on any atom is 0.430 e. The van der Waals surface area contributed by atoms with Crippen molar-refractivity contribution >= 4 is 45.1 Å². The van der Waals surface area contributed by atoms with E-state index in [1.165, 1.54) is 23.5 Å². The minimum absolute atomic E-state index is 0.0403. The van der Waals surface area contributed by atoms with E-state index in [1.807, 2.05) is 6.92 Å². The third kappa shape index (κ3) is 8.77. The molecule has 0 saturated carbocycles. The topological polar surface area (TPSA) is 116 Å². The van der Waals surface area contributed by atoms with Crippen LogP contribution in [0.4, 0.5) is 17.6 Å². The fourth-order valence-corrected chi connectivity index (χ4v) is 7.25. The number of nitrogens with one attached hydrogen (secondary N) is 1. The van der Waals surface area contributed by atoms with E-state index in [-0.39, 0.29) is 17.8 Å². The van der Waals surface area contributed by atoms with Crippen molar-refractivity contribution in [1.29, 1.82) is 0 Å². The number of hydrogen-bond acceptors (Lipinski definition) is 7. The SMILES string of the molecule is CCOC(=O)CCCC[N+]12CCC(CC1)[C@@H](NC(=O)C(O)(c1ccc(F)c(C)c1)c1ccc(Br)s1)C2.O=C([O-])C(F)(F)F. The molecule has 2 aromatic rings. The molecule has 1 aromatic carbocycles. The molecule has 0 spiro atoms. The molecule has 4 heterocycles. The second-order valence-corrected chi connectivity index (χ2v) is 13.4. The first-order valence-electron chi connectivity index (χ1n) is 14.0. The van der Waals surface area contributed by atoms with E-state index < -0.39 is 23.7 Å². The zero-order valence-electron chi connectivity index (χ0n) is 23.8. The van der Waals surface area contributed by atoms with Gasteiger partial charge in [-0.2, -0.15) is 13.2 Å². The molecule has 3 aliphatic rings. The van der Waals surface area contributed by atoms with Crippen molar-refractivity contribution < 1.29 is 51.4 Å². The average Bonchev–Trinajstić information content (AvgIpc) is 3.39. The largest absolute Gasteiger partial charge is 0.542 e. The summed E-state index contributed by atoms with van der Waals surface area (Å²) >= 11 is 4.73. The molecule has 5 rings (SSSR count). The Balaban J connectivity index is 0.000000646. The number of halogens is 5. The quantitative estimate of drug-likeness (QED) is 0.169. The van der Waals surface area contributed by atoms with Crippen LogP contribution in [0.5, 0.6) is 0 Å². The lowest BCUT2D eigenvalue weighted by Crippen LogP contribution is -2.68. The van der Waals surface area contributed by atoms with Crippen LogP contribution in [-0.2, 0) is 24.7 Å². The molecule has 14 heteroatoms. The van der Waals surface area contributed by atoms with Gasteiger partial charge < -0.3 is 29.5 Å². The van der Waals surface area contributed by atoms with Crippen molar-refractivity contribution in [1.82, 2.24) is 5.32 Å². The van der Waals surface area contributed by atoms with Gasteiger partial charge in [0.25, 0.3) is 5.91 Å². The maximum atomic E-state index is 14.0. The summed E-state index contributed by atoms with van der Waals surface area (Å²) in [6, 6.07) is 7.85. The molecule has 2 bridgehead atoms. The highest BCUT2D eigenvalue weighted by Gasteiger charge is 2.49. The number of fused-ring (bicyclic) bond motifs is 3. The fraction of sp³-hybridized carbons (Fsp3) is 0.552. The monoisotopic (exact) mass is 694 g/mol. The molecule has 2 N–H and O–H groups in total. The number of benzene rings is 1. The third-order valence-corrected chi connectivity index (χ3v) is 9.78. The summed E-state index contributed by atoms with van der Waals surface area (Å²) in [7, 11) is 0. The predicted octanol–water partition coefficient (Wildman–Crippen LogP) is 3.95. The van der Waals surface area contributed by atoms with Crippen LogP contribution in [0, 0.1) is 18.7 Å². The van der Waals surface area contributed by atoms with Crippen molar-refractivity contribution in [3.63, 3.8) is 0 Å². The highest BCUT2D eigenvalue weighted by Crippen LogP contribution is 2.39. The zero-order valence-corrected chi connectivity index (χ0v) is 26.2. The number of ether oxygens (including phenoxy) is 1. The van der Waals surface area contributed by atoms with Gasteiger partial charge in [0.2, 0.25) is 5.60 Å². The van der Waals surface area contributed by atoms with E-state index in [0.717, 1.165) is 60.1 Å². The standard InChI is InChI=1S/C27H34BrFN2O4S.C2HF3O2/c1-3-35-25(32)6-4-5-13-31-14-11-19(12-15-31)22(17-31)30-26(33)27(34,23-9-10-24(28)36-23)20-7-8-21(29)18(2)16-20;3-2(4,5)1(6)7/h7-10,16,19,22,34H,3-6,11-15,17H2,1-2H3;(H,6,7)/t19?,22-,27?,31?;/m0./s1. The van der Waals surface area contributed by atoms with Crippen LogP contribution < -0.4 is 10.4 Å². The number of nitrogens with zero attached hydrogens (tertiary/aromatic N) is 1. The first kappa shape index (κ1) is 34.9. The normalized spacial score (nSPS) is 22.6. The van der Waals surface area contributed by atoms with Gasteiger partial charge in [-0.15, -0.1) is 11.3 Å². The van der Waals surface area contributed by atoms with Gasteiger partial charge in [0.1, 0.15) is 11.8 Å². The number of aryl methyl sites for hydroxylation is 1. The first-order valence-corrected chi connectivity index (χ1v) is 15.6. The van der Waals surface area contributed by atoms with Crippen LogP contribution in [0.3, 0.4) is 0 Å². The molecule has 8 nitrogen and oxygen atoms in total. The van der Waals surface area contributed by atoms with Gasteiger partial charge in [-0.3, -0.25) is 9.59 Å². The molecule has 238 valence electrons. The number of aliphatic carboxylic acids is 1.